The van der Waals surface area contributed by atoms with E-state index in [1.165, 1.54) is 0 Å². The van der Waals surface area contributed by atoms with Crippen LogP contribution in [0.2, 0.25) is 5.02 Å². The topological polar surface area (TPSA) is 49.3 Å². The summed E-state index contributed by atoms with van der Waals surface area (Å²) < 4.78 is 0. The molecule has 0 saturated carbocycles. The van der Waals surface area contributed by atoms with Crippen molar-refractivity contribution >= 4 is 35.0 Å². The maximum atomic E-state index is 10.5. The van der Waals surface area contributed by atoms with E-state index in [9.17, 15) is 4.79 Å². The first kappa shape index (κ1) is 11.6. The van der Waals surface area contributed by atoms with Crippen molar-refractivity contribution in [1.29, 1.82) is 0 Å². The Bertz CT molecular complexity index is 411. The zero-order valence-electron chi connectivity index (χ0n) is 8.57. The average molecular weight is 258 g/mol. The van der Waals surface area contributed by atoms with Crippen LogP contribution in [-0.2, 0) is 4.79 Å². The molecule has 0 spiro atoms. The molecule has 2 rings (SSSR count). The number of benzene rings is 1. The third-order valence-corrected chi connectivity index (χ3v) is 3.90. The lowest BCUT2D eigenvalue weighted by atomic mass is 10.1. The van der Waals surface area contributed by atoms with Crippen molar-refractivity contribution < 1.29 is 9.90 Å². The number of halogens is 1. The Morgan fingerprint density at radius 3 is 3.19 bits per heavy atom. The fourth-order valence-corrected chi connectivity index (χ4v) is 3.00. The van der Waals surface area contributed by atoms with E-state index in [1.54, 1.807) is 11.8 Å². The number of anilines is 1. The summed E-state index contributed by atoms with van der Waals surface area (Å²) >= 11 is 7.62. The molecule has 1 aromatic carbocycles. The molecule has 16 heavy (non-hydrogen) atoms. The van der Waals surface area contributed by atoms with Gasteiger partial charge in [-0.05, 0) is 24.6 Å². The Balaban J connectivity index is 2.01. The zero-order chi connectivity index (χ0) is 11.5. The lowest BCUT2D eigenvalue weighted by Gasteiger charge is -2.26. The van der Waals surface area contributed by atoms with E-state index < -0.39 is 5.97 Å². The second-order valence-corrected chi connectivity index (χ2v) is 5.22. The van der Waals surface area contributed by atoms with Crippen LogP contribution in [-0.4, -0.2) is 22.9 Å². The van der Waals surface area contributed by atoms with Gasteiger partial charge in [0, 0.05) is 33.8 Å². The molecule has 0 aromatic heterocycles. The number of hydrogen-bond acceptors (Lipinski definition) is 3. The molecule has 2 N–H and O–H groups in total. The molecule has 5 heteroatoms. The van der Waals surface area contributed by atoms with Crippen molar-refractivity contribution in [2.45, 2.75) is 23.8 Å². The number of nitrogens with one attached hydrogen (secondary N) is 1. The molecule has 0 bridgehead atoms. The van der Waals surface area contributed by atoms with E-state index >= 15 is 0 Å². The first-order valence-electron chi connectivity index (χ1n) is 5.06. The third-order valence-electron chi connectivity index (χ3n) is 2.45. The minimum Gasteiger partial charge on any atom is -0.481 e. The predicted octanol–water partition coefficient (Wildman–Crippen LogP) is 3.09. The van der Waals surface area contributed by atoms with Gasteiger partial charge < -0.3 is 10.4 Å². The Morgan fingerprint density at radius 2 is 2.44 bits per heavy atom. The van der Waals surface area contributed by atoms with Crippen molar-refractivity contribution in [3.05, 3.63) is 23.2 Å². The van der Waals surface area contributed by atoms with Gasteiger partial charge in [0.15, 0.2) is 0 Å². The molecule has 3 nitrogen and oxygen atoms in total. The SMILES string of the molecule is O=C(O)CCC1CSc2cc(Cl)ccc2N1. The van der Waals surface area contributed by atoms with E-state index in [0.717, 1.165) is 21.4 Å². The van der Waals surface area contributed by atoms with Crippen LogP contribution >= 0.6 is 23.4 Å². The molecule has 1 heterocycles. The molecular weight excluding hydrogens is 246 g/mol. The molecule has 86 valence electrons. The van der Waals surface area contributed by atoms with Crippen LogP contribution in [0.4, 0.5) is 5.69 Å². The van der Waals surface area contributed by atoms with Gasteiger partial charge in [0.05, 0.1) is 0 Å². The van der Waals surface area contributed by atoms with Gasteiger partial charge in [-0.15, -0.1) is 11.8 Å². The minimum atomic E-state index is -0.742. The molecular formula is C11H12ClNO2S. The third kappa shape index (κ3) is 2.83. The van der Waals surface area contributed by atoms with Gasteiger partial charge in [-0.25, -0.2) is 0 Å². The summed E-state index contributed by atoms with van der Waals surface area (Å²) in [5.41, 5.74) is 1.05. The number of carboxylic acids is 1. The van der Waals surface area contributed by atoms with Crippen molar-refractivity contribution in [3.8, 4) is 0 Å². The quantitative estimate of drug-likeness (QED) is 0.874. The summed E-state index contributed by atoms with van der Waals surface area (Å²) in [6, 6.07) is 5.95. The number of rotatable bonds is 3. The molecule has 0 fully saturated rings. The molecule has 0 radical (unpaired) electrons. The van der Waals surface area contributed by atoms with Crippen LogP contribution in [0, 0.1) is 0 Å². The maximum Gasteiger partial charge on any atom is 0.303 e. The zero-order valence-corrected chi connectivity index (χ0v) is 10.1. The monoisotopic (exact) mass is 257 g/mol. The van der Waals surface area contributed by atoms with Crippen LogP contribution in [0.3, 0.4) is 0 Å². The Hall–Kier alpha value is -0.870. The van der Waals surface area contributed by atoms with E-state index in [0.29, 0.717) is 6.42 Å². The van der Waals surface area contributed by atoms with Gasteiger partial charge in [0.1, 0.15) is 0 Å². The van der Waals surface area contributed by atoms with Crippen molar-refractivity contribution in [2.75, 3.05) is 11.1 Å². The molecule has 1 aliphatic heterocycles. The van der Waals surface area contributed by atoms with E-state index in [1.807, 2.05) is 18.2 Å². The highest BCUT2D eigenvalue weighted by Crippen LogP contribution is 2.35. The summed E-state index contributed by atoms with van der Waals surface area (Å²) in [6.07, 6.45) is 0.867. The summed E-state index contributed by atoms with van der Waals surface area (Å²) in [7, 11) is 0. The number of hydrogen-bond donors (Lipinski definition) is 2. The maximum absolute atomic E-state index is 10.5. The Morgan fingerprint density at radius 1 is 1.62 bits per heavy atom. The number of carboxylic acid groups (broad SMARTS) is 1. The molecule has 1 atom stereocenters. The fraction of sp³-hybridized carbons (Fsp3) is 0.364. The van der Waals surface area contributed by atoms with Crippen LogP contribution in [0.5, 0.6) is 0 Å². The largest absolute Gasteiger partial charge is 0.481 e. The molecule has 0 aliphatic carbocycles. The number of thioether (sulfide) groups is 1. The molecule has 1 unspecified atom stereocenters. The van der Waals surface area contributed by atoms with Crippen LogP contribution in [0.1, 0.15) is 12.8 Å². The average Bonchev–Trinajstić information content (AvgIpc) is 2.26. The molecule has 1 aromatic rings. The van der Waals surface area contributed by atoms with Crippen LogP contribution in [0.25, 0.3) is 0 Å². The smallest absolute Gasteiger partial charge is 0.303 e. The van der Waals surface area contributed by atoms with Crippen LogP contribution in [0.15, 0.2) is 23.1 Å². The highest BCUT2D eigenvalue weighted by Gasteiger charge is 2.18. The lowest BCUT2D eigenvalue weighted by Crippen LogP contribution is -2.26. The first-order valence-corrected chi connectivity index (χ1v) is 6.42. The fourth-order valence-electron chi connectivity index (χ4n) is 1.64. The van der Waals surface area contributed by atoms with E-state index in [-0.39, 0.29) is 12.5 Å². The second-order valence-electron chi connectivity index (χ2n) is 3.73. The summed E-state index contributed by atoms with van der Waals surface area (Å²) in [6.45, 7) is 0. The van der Waals surface area contributed by atoms with Gasteiger partial charge in [0.25, 0.3) is 0 Å². The van der Waals surface area contributed by atoms with Gasteiger partial charge in [-0.1, -0.05) is 11.6 Å². The second kappa shape index (κ2) is 4.97. The predicted molar refractivity (Wildman–Crippen MR) is 66.5 cm³/mol. The molecule has 0 saturated heterocycles. The lowest BCUT2D eigenvalue weighted by molar-refractivity contribution is -0.137. The normalized spacial score (nSPS) is 18.7. The van der Waals surface area contributed by atoms with Crippen molar-refractivity contribution in [1.82, 2.24) is 0 Å². The van der Waals surface area contributed by atoms with Gasteiger partial charge in [-0.2, -0.15) is 0 Å². The van der Waals surface area contributed by atoms with E-state index in [2.05, 4.69) is 5.32 Å². The number of carbonyl (C=O) groups is 1. The highest BCUT2D eigenvalue weighted by atomic mass is 35.5. The van der Waals surface area contributed by atoms with Gasteiger partial charge >= 0.3 is 5.97 Å². The number of fused-ring (bicyclic) bond motifs is 1. The highest BCUT2D eigenvalue weighted by molar-refractivity contribution is 7.99. The van der Waals surface area contributed by atoms with E-state index in [4.69, 9.17) is 16.7 Å². The standard InChI is InChI=1S/C11H12ClNO2S/c12-7-1-3-9-10(5-7)16-6-8(13-9)2-4-11(14)15/h1,3,5,8,13H,2,4,6H2,(H,14,15). The Kier molecular flexibility index (Phi) is 3.61. The van der Waals surface area contributed by atoms with Crippen molar-refractivity contribution in [2.24, 2.45) is 0 Å². The minimum absolute atomic E-state index is 0.209. The van der Waals surface area contributed by atoms with Crippen LogP contribution < -0.4 is 5.32 Å². The Labute approximate surface area is 103 Å². The molecule has 1 aliphatic rings. The number of aliphatic carboxylic acids is 1. The van der Waals surface area contributed by atoms with Crippen molar-refractivity contribution in [3.63, 3.8) is 0 Å². The molecule has 0 amide bonds. The summed E-state index contributed by atoms with van der Waals surface area (Å²) in [5.74, 6) is 0.148. The first-order chi connectivity index (χ1) is 7.65. The summed E-state index contributed by atoms with van der Waals surface area (Å²) in [5, 5.41) is 12.7. The summed E-state index contributed by atoms with van der Waals surface area (Å²) in [4.78, 5) is 11.6. The van der Waals surface area contributed by atoms with Gasteiger partial charge in [0.2, 0.25) is 0 Å². The van der Waals surface area contributed by atoms with Gasteiger partial charge in [-0.3, -0.25) is 4.79 Å².